The van der Waals surface area contributed by atoms with Gasteiger partial charge in [-0.3, -0.25) is 0 Å². The topological polar surface area (TPSA) is 0 Å². The van der Waals surface area contributed by atoms with Crippen molar-refractivity contribution in [2.75, 3.05) is 0 Å². The fourth-order valence-corrected chi connectivity index (χ4v) is 2.33. The SMILES string of the molecule is CC1(F)C(C)(F)C(F)(F)C1(F)F.CC1(F)C(F)(F)C(C)(F)C1(F)F. The molecule has 12 heteroatoms. The molecule has 2 saturated carbocycles. The molecule has 0 amide bonds. The van der Waals surface area contributed by atoms with Crippen molar-refractivity contribution >= 4 is 0 Å². The summed E-state index contributed by atoms with van der Waals surface area (Å²) in [5.41, 5.74) is -15.8. The minimum atomic E-state index is -4.93. The van der Waals surface area contributed by atoms with Crippen LogP contribution in [0.25, 0.3) is 0 Å². The Kier molecular flexibility index (Phi) is 3.94. The standard InChI is InChI=1S/2C6H6F6/c1-3(7)5(9,10)4(2,8)6(3,11)12;1-3(7)4(2,8)6(11,12)5(3,9)10/h2*1-2H3. The van der Waals surface area contributed by atoms with E-state index in [4.69, 9.17) is 0 Å². The van der Waals surface area contributed by atoms with Gasteiger partial charge in [0.1, 0.15) is 0 Å². The number of hydrogen-bond donors (Lipinski definition) is 0. The molecule has 144 valence electrons. The molecule has 0 heterocycles. The van der Waals surface area contributed by atoms with Crippen molar-refractivity contribution in [3.05, 3.63) is 0 Å². The Labute approximate surface area is 128 Å². The average molecular weight is 384 g/mol. The lowest BCUT2D eigenvalue weighted by Gasteiger charge is -2.55. The second kappa shape index (κ2) is 4.46. The molecule has 0 aliphatic heterocycles. The number of alkyl halides is 12. The van der Waals surface area contributed by atoms with Gasteiger partial charge in [-0.25, -0.2) is 17.6 Å². The monoisotopic (exact) mass is 384 g/mol. The molecule has 2 atom stereocenters. The summed E-state index contributed by atoms with van der Waals surface area (Å²) in [7, 11) is 0. The minimum absolute atomic E-state index is 0.00563. The summed E-state index contributed by atoms with van der Waals surface area (Å²) in [6, 6.07) is 0. The van der Waals surface area contributed by atoms with E-state index in [1.165, 1.54) is 0 Å². The molecule has 0 spiro atoms. The molecule has 0 bridgehead atoms. The lowest BCUT2D eigenvalue weighted by Crippen LogP contribution is -2.83. The van der Waals surface area contributed by atoms with E-state index >= 15 is 0 Å². The maximum absolute atomic E-state index is 12.7. The van der Waals surface area contributed by atoms with Crippen molar-refractivity contribution < 1.29 is 52.7 Å². The molecular weight excluding hydrogens is 372 g/mol. The maximum Gasteiger partial charge on any atom is 0.349 e. The predicted octanol–water partition coefficient (Wildman–Crippen LogP) is 5.45. The van der Waals surface area contributed by atoms with Crippen LogP contribution in [0, 0.1) is 0 Å². The molecule has 0 aromatic rings. The Morgan fingerprint density at radius 2 is 0.458 bits per heavy atom. The Morgan fingerprint density at radius 3 is 0.542 bits per heavy atom. The predicted molar refractivity (Wildman–Crippen MR) is 57.8 cm³/mol. The number of halogens is 12. The third-order valence-corrected chi connectivity index (χ3v) is 4.81. The molecule has 2 unspecified atom stereocenters. The van der Waals surface area contributed by atoms with Crippen LogP contribution in [0.5, 0.6) is 0 Å². The van der Waals surface area contributed by atoms with Gasteiger partial charge < -0.3 is 0 Å². The molecule has 0 N–H and O–H groups in total. The van der Waals surface area contributed by atoms with E-state index < -0.39 is 46.4 Å². The van der Waals surface area contributed by atoms with Gasteiger partial charge in [0.2, 0.25) is 22.7 Å². The van der Waals surface area contributed by atoms with Gasteiger partial charge in [0, 0.05) is 0 Å². The number of hydrogen-bond acceptors (Lipinski definition) is 0. The van der Waals surface area contributed by atoms with Gasteiger partial charge in [-0.1, -0.05) is 0 Å². The molecule has 0 nitrogen and oxygen atoms in total. The van der Waals surface area contributed by atoms with E-state index in [-0.39, 0.29) is 27.7 Å². The van der Waals surface area contributed by atoms with Crippen molar-refractivity contribution in [3.8, 4) is 0 Å². The second-order valence-corrected chi connectivity index (χ2v) is 6.31. The van der Waals surface area contributed by atoms with Crippen LogP contribution in [-0.2, 0) is 0 Å². The van der Waals surface area contributed by atoms with Crippen LogP contribution in [-0.4, -0.2) is 46.4 Å². The van der Waals surface area contributed by atoms with E-state index in [0.717, 1.165) is 0 Å². The van der Waals surface area contributed by atoms with Gasteiger partial charge in [-0.2, -0.15) is 35.1 Å². The van der Waals surface area contributed by atoms with Crippen LogP contribution in [0.1, 0.15) is 27.7 Å². The van der Waals surface area contributed by atoms with Gasteiger partial charge in [-0.15, -0.1) is 0 Å². The molecule has 24 heavy (non-hydrogen) atoms. The molecule has 0 aromatic heterocycles. The summed E-state index contributed by atoms with van der Waals surface area (Å²) >= 11 is 0. The highest BCUT2D eigenvalue weighted by molar-refractivity contribution is 5.29. The first kappa shape index (κ1) is 21.2. The van der Waals surface area contributed by atoms with Crippen molar-refractivity contribution in [2.24, 2.45) is 0 Å². The zero-order chi connectivity index (χ0) is 20.0. The maximum atomic E-state index is 12.7. The highest BCUT2D eigenvalue weighted by Gasteiger charge is 2.95. The van der Waals surface area contributed by atoms with E-state index in [1.807, 2.05) is 0 Å². The van der Waals surface area contributed by atoms with Gasteiger partial charge >= 0.3 is 23.7 Å². The largest absolute Gasteiger partial charge is 0.349 e. The van der Waals surface area contributed by atoms with Crippen LogP contribution >= 0.6 is 0 Å². The summed E-state index contributed by atoms with van der Waals surface area (Å²) in [6.45, 7) is 0.247. The van der Waals surface area contributed by atoms with Crippen LogP contribution in [0.15, 0.2) is 0 Å². The van der Waals surface area contributed by atoms with Crippen molar-refractivity contribution in [2.45, 2.75) is 74.1 Å². The third-order valence-electron chi connectivity index (χ3n) is 4.81. The summed E-state index contributed by atoms with van der Waals surface area (Å²) in [6.07, 6.45) is 0. The van der Waals surface area contributed by atoms with Crippen LogP contribution in [0.3, 0.4) is 0 Å². The van der Waals surface area contributed by atoms with E-state index in [9.17, 15) is 52.7 Å². The Balaban J connectivity index is 0.000000240. The quantitative estimate of drug-likeness (QED) is 0.487. The Bertz CT molecular complexity index is 352. The summed E-state index contributed by atoms with van der Waals surface area (Å²) < 4.78 is 149. The first-order valence-electron chi connectivity index (χ1n) is 6.27. The highest BCUT2D eigenvalue weighted by Crippen LogP contribution is 2.68. The van der Waals surface area contributed by atoms with Gasteiger partial charge in [0.05, 0.1) is 0 Å². The number of rotatable bonds is 0. The first-order valence-corrected chi connectivity index (χ1v) is 6.27. The Morgan fingerprint density at radius 1 is 0.292 bits per heavy atom. The van der Waals surface area contributed by atoms with E-state index in [2.05, 4.69) is 0 Å². The van der Waals surface area contributed by atoms with E-state index in [1.54, 1.807) is 0 Å². The zero-order valence-electron chi connectivity index (χ0n) is 12.5. The van der Waals surface area contributed by atoms with Crippen LogP contribution < -0.4 is 0 Å². The van der Waals surface area contributed by atoms with Crippen LogP contribution in [0.4, 0.5) is 52.7 Å². The lowest BCUT2D eigenvalue weighted by molar-refractivity contribution is -0.427. The van der Waals surface area contributed by atoms with Gasteiger partial charge in [0.15, 0.2) is 0 Å². The minimum Gasteiger partial charge on any atom is -0.233 e. The normalized spacial score (nSPS) is 50.0. The van der Waals surface area contributed by atoms with Crippen molar-refractivity contribution in [1.29, 1.82) is 0 Å². The molecule has 2 aliphatic rings. The summed E-state index contributed by atoms with van der Waals surface area (Å²) in [4.78, 5) is 0. The highest BCUT2D eigenvalue weighted by atomic mass is 19.3. The molecule has 0 radical (unpaired) electrons. The first-order chi connectivity index (χ1) is 10.0. The zero-order valence-corrected chi connectivity index (χ0v) is 12.5. The van der Waals surface area contributed by atoms with Gasteiger partial charge in [0.25, 0.3) is 0 Å². The summed E-state index contributed by atoms with van der Waals surface area (Å²) in [5.74, 6) is -19.1. The molecule has 2 rings (SSSR count). The molecule has 0 aromatic carbocycles. The molecular formula is C12H12F12. The average Bonchev–Trinajstić information content (AvgIpc) is 2.36. The lowest BCUT2D eigenvalue weighted by atomic mass is 9.63. The van der Waals surface area contributed by atoms with E-state index in [0.29, 0.717) is 0 Å². The molecule has 0 saturated heterocycles. The second-order valence-electron chi connectivity index (χ2n) is 6.31. The fourth-order valence-electron chi connectivity index (χ4n) is 2.33. The third kappa shape index (κ3) is 1.70. The van der Waals surface area contributed by atoms with Crippen molar-refractivity contribution in [3.63, 3.8) is 0 Å². The van der Waals surface area contributed by atoms with Crippen molar-refractivity contribution in [1.82, 2.24) is 0 Å². The fraction of sp³-hybridized carbons (Fsp3) is 1.00. The Hall–Kier alpha value is -0.840. The van der Waals surface area contributed by atoms with Gasteiger partial charge in [-0.05, 0) is 27.7 Å². The summed E-state index contributed by atoms with van der Waals surface area (Å²) in [5, 5.41) is 0. The molecule has 2 aliphatic carbocycles. The van der Waals surface area contributed by atoms with Crippen LogP contribution in [0.2, 0.25) is 0 Å². The smallest absolute Gasteiger partial charge is 0.233 e. The molecule has 2 fully saturated rings.